The molecule has 0 saturated carbocycles. The van der Waals surface area contributed by atoms with Crippen LogP contribution in [-0.4, -0.2) is 125 Å². The van der Waals surface area contributed by atoms with Crippen LogP contribution in [0.4, 0.5) is 0 Å². The molecule has 0 aliphatic carbocycles. The molecule has 20 heteroatoms. The number of phosphoric acid groups is 1. The average molecular weight is 1200 g/mol. The Labute approximate surface area is 498 Å². The molecule has 0 spiro atoms. The van der Waals surface area contributed by atoms with Gasteiger partial charge in [0.05, 0.1) is 19.8 Å². The molecular formula is C63H111O19P. The van der Waals surface area contributed by atoms with Gasteiger partial charge in [0.15, 0.2) is 0 Å². The Morgan fingerprint density at radius 3 is 0.892 bits per heavy atom. The molecule has 482 valence electrons. The summed E-state index contributed by atoms with van der Waals surface area (Å²) in [5.74, 6) is -1.58. The van der Waals surface area contributed by atoms with Crippen molar-refractivity contribution >= 4 is 25.7 Å². The molecule has 19 nitrogen and oxygen atoms in total. The molecule has 6 N–H and O–H groups in total. The molecule has 83 heavy (non-hydrogen) atoms. The maximum atomic E-state index is 13.7. The number of hydrogen-bond acceptors (Lipinski definition) is 19. The average Bonchev–Trinajstić information content (AvgIpc) is 3.49. The summed E-state index contributed by atoms with van der Waals surface area (Å²) >= 11 is 0. The number of carbonyl (C=O) groups excluding carboxylic acids is 3. The fourth-order valence-electron chi connectivity index (χ4n) is 8.18. The lowest BCUT2D eigenvalue weighted by molar-refractivity contribution is -0.267. The van der Waals surface area contributed by atoms with Crippen LogP contribution in [0.15, 0.2) is 72.9 Å². The first-order valence-electron chi connectivity index (χ1n) is 31.3. The second-order valence-corrected chi connectivity index (χ2v) is 22.8. The third-order valence-electron chi connectivity index (χ3n) is 13.2. The lowest BCUT2D eigenvalue weighted by Gasteiger charge is -2.22. The first-order chi connectivity index (χ1) is 40.3. The number of ether oxygens (including phenoxy) is 3. The predicted octanol–water partition coefficient (Wildman–Crippen LogP) is 14.7. The summed E-state index contributed by atoms with van der Waals surface area (Å²) < 4.78 is 45.3. The lowest BCUT2D eigenvalue weighted by Crippen LogP contribution is -2.27. The summed E-state index contributed by atoms with van der Waals surface area (Å²) in [5.41, 5.74) is 0. The van der Waals surface area contributed by atoms with Crippen molar-refractivity contribution in [3.05, 3.63) is 72.9 Å². The van der Waals surface area contributed by atoms with Gasteiger partial charge in [-0.2, -0.15) is 0 Å². The lowest BCUT2D eigenvalue weighted by atomic mass is 10.1. The van der Waals surface area contributed by atoms with Crippen molar-refractivity contribution in [2.45, 2.75) is 269 Å². The van der Waals surface area contributed by atoms with Gasteiger partial charge in [0.2, 0.25) is 0 Å². The molecule has 0 saturated heterocycles. The second-order valence-electron chi connectivity index (χ2n) is 21.1. The number of rotatable bonds is 60. The van der Waals surface area contributed by atoms with Crippen LogP contribution >= 0.6 is 7.82 Å². The Kier molecular flexibility index (Phi) is 56.5. The van der Waals surface area contributed by atoms with E-state index in [2.05, 4.69) is 53.7 Å². The Bertz CT molecular complexity index is 1560. The number of aliphatic hydroxyl groups excluding tert-OH is 3. The quantitative estimate of drug-likeness (QED) is 0.00628. The highest BCUT2D eigenvalue weighted by Gasteiger charge is 2.31. The fourth-order valence-corrected chi connectivity index (χ4v) is 9.47. The van der Waals surface area contributed by atoms with Crippen molar-refractivity contribution < 1.29 is 92.5 Å². The van der Waals surface area contributed by atoms with E-state index in [1.165, 1.54) is 0 Å². The minimum Gasteiger partial charge on any atom is -0.463 e. The van der Waals surface area contributed by atoms with Crippen molar-refractivity contribution in [2.75, 3.05) is 39.6 Å². The van der Waals surface area contributed by atoms with Crippen LogP contribution < -0.4 is 0 Å². The smallest absolute Gasteiger partial charge is 0.463 e. The molecule has 0 rings (SSSR count). The van der Waals surface area contributed by atoms with Crippen molar-refractivity contribution in [3.8, 4) is 0 Å². The number of esters is 3. The zero-order valence-corrected chi connectivity index (χ0v) is 51.8. The van der Waals surface area contributed by atoms with Gasteiger partial charge in [0, 0.05) is 19.3 Å². The van der Waals surface area contributed by atoms with Gasteiger partial charge in [0.25, 0.3) is 0 Å². The Hall–Kier alpha value is -3.40. The molecule has 0 radical (unpaired) electrons. The van der Waals surface area contributed by atoms with E-state index < -0.39 is 83.7 Å². The predicted molar refractivity (Wildman–Crippen MR) is 323 cm³/mol. The van der Waals surface area contributed by atoms with Gasteiger partial charge in [-0.05, 0) is 77.0 Å². The second kappa shape index (κ2) is 59.0. The third-order valence-corrected chi connectivity index (χ3v) is 14.6. The Morgan fingerprint density at radius 2 is 0.627 bits per heavy atom. The maximum Gasteiger partial charge on any atom is 0.475 e. The first kappa shape index (κ1) is 79.6. The number of phosphoric ester groups is 1. The number of aliphatic hydroxyl groups is 3. The number of hydrogen-bond donors (Lipinski definition) is 6. The highest BCUT2D eigenvalue weighted by molar-refractivity contribution is 7.48. The van der Waals surface area contributed by atoms with Gasteiger partial charge in [-0.15, -0.1) is 0 Å². The maximum absolute atomic E-state index is 13.7. The van der Waals surface area contributed by atoms with Crippen LogP contribution in [0.25, 0.3) is 0 Å². The van der Waals surface area contributed by atoms with E-state index in [0.29, 0.717) is 19.3 Å². The first-order valence-corrected chi connectivity index (χ1v) is 32.8. The summed E-state index contributed by atoms with van der Waals surface area (Å²) in [7, 11) is -4.64. The molecule has 0 fully saturated rings. The zero-order valence-electron chi connectivity index (χ0n) is 50.9. The van der Waals surface area contributed by atoms with Crippen molar-refractivity contribution in [1.29, 1.82) is 0 Å². The molecule has 0 amide bonds. The molecule has 0 aromatic heterocycles. The van der Waals surface area contributed by atoms with Gasteiger partial charge in [0.1, 0.15) is 56.4 Å². The van der Waals surface area contributed by atoms with Crippen molar-refractivity contribution in [3.63, 3.8) is 0 Å². The van der Waals surface area contributed by atoms with E-state index in [0.717, 1.165) is 173 Å². The van der Waals surface area contributed by atoms with E-state index >= 15 is 0 Å². The van der Waals surface area contributed by atoms with E-state index in [4.69, 9.17) is 43.6 Å². The van der Waals surface area contributed by atoms with Crippen LogP contribution in [0.2, 0.25) is 0 Å². The zero-order chi connectivity index (χ0) is 61.1. The summed E-state index contributed by atoms with van der Waals surface area (Å²) in [6.45, 7) is 2.92. The number of carbonyl (C=O) groups is 3. The molecule has 0 aromatic rings. The summed E-state index contributed by atoms with van der Waals surface area (Å²) in [6, 6.07) is 0. The minimum absolute atomic E-state index is 0.142. The molecule has 0 aromatic carbocycles. The molecule has 0 aliphatic heterocycles. The largest absolute Gasteiger partial charge is 0.475 e. The molecule has 0 aliphatic rings. The van der Waals surface area contributed by atoms with Crippen LogP contribution in [0.5, 0.6) is 0 Å². The van der Waals surface area contributed by atoms with E-state index in [1.807, 2.05) is 54.7 Å². The van der Waals surface area contributed by atoms with Crippen LogP contribution in [0.1, 0.15) is 233 Å². The van der Waals surface area contributed by atoms with Gasteiger partial charge in [-0.25, -0.2) is 19.2 Å². The normalized spacial score (nSPS) is 15.2. The molecule has 0 bridgehead atoms. The molecule has 3 unspecified atom stereocenters. The van der Waals surface area contributed by atoms with Crippen LogP contribution in [0.3, 0.4) is 0 Å². The summed E-state index contributed by atoms with van der Waals surface area (Å²) in [5, 5.41) is 58.9. The minimum atomic E-state index is -4.64. The van der Waals surface area contributed by atoms with Crippen LogP contribution in [-0.2, 0) is 61.4 Å². The number of unbranched alkanes of at least 4 members (excludes halogenated alkanes) is 21. The van der Waals surface area contributed by atoms with Gasteiger partial charge in [-0.1, -0.05) is 209 Å². The Morgan fingerprint density at radius 1 is 0.361 bits per heavy atom. The summed E-state index contributed by atoms with van der Waals surface area (Å²) in [6.07, 6.45) is 46.0. The molecular weight excluding hydrogens is 1090 g/mol. The van der Waals surface area contributed by atoms with Gasteiger partial charge in [-0.3, -0.25) is 43.7 Å². The number of allylic oxidation sites excluding steroid dienone is 9. The van der Waals surface area contributed by atoms with E-state index in [-0.39, 0.29) is 37.6 Å². The SMILES string of the molecule is CCCCCC(/C=C/C=C/CCCCCCCC(=O)OC[C@H](O)COP(=O)(OC[C@@H](O)COC(=O)CCCCCCC/C=C/C=C/C(CCCCC)OO)OC[C@@H](O)COC(=O)CCCCCCC/C=C/C=C/C(CCCCC)OO)OO. The van der Waals surface area contributed by atoms with E-state index in [9.17, 15) is 34.3 Å². The standard InChI is InChI=1S/C63H111O19P/c1-4-7-31-40-58(80-70)43-34-25-19-13-10-16-22-28-37-46-61(67)74-49-55(64)52-77-83(73,78-53-56(65)50-75-62(68)47-38-29-23-17-11-14-20-26-35-44-59(81-71)41-32-8-5-2)79-54-57(66)51-76-63(69)48-39-30-24-18-12-15-21-27-36-45-60(82-72)42-33-9-6-3/h19-21,25-27,34-36,43-45,55-60,64-66,70-72H,4-18,22-24,28-33,37-42,46-54H2,1-3H3/b25-19+,26-20+,27-21+,43-34+,44-35+,45-36+/t55-,56-,57-,58?,59?,60?,83?/m0/s1. The fraction of sp³-hybridized carbons (Fsp3) is 0.762. The monoisotopic (exact) mass is 1200 g/mol. The highest BCUT2D eigenvalue weighted by Crippen LogP contribution is 2.49. The highest BCUT2D eigenvalue weighted by atomic mass is 31.2. The van der Waals surface area contributed by atoms with Gasteiger partial charge < -0.3 is 29.5 Å². The van der Waals surface area contributed by atoms with Gasteiger partial charge >= 0.3 is 25.7 Å². The van der Waals surface area contributed by atoms with E-state index in [1.54, 1.807) is 0 Å². The third kappa shape index (κ3) is 53.8. The molecule has 6 atom stereocenters. The van der Waals surface area contributed by atoms with Crippen molar-refractivity contribution in [2.24, 2.45) is 0 Å². The molecule has 0 heterocycles. The van der Waals surface area contributed by atoms with Crippen LogP contribution in [0, 0.1) is 0 Å². The Balaban J connectivity index is 4.90. The summed E-state index contributed by atoms with van der Waals surface area (Å²) in [4.78, 5) is 50.8. The van der Waals surface area contributed by atoms with Crippen molar-refractivity contribution in [1.82, 2.24) is 0 Å². The topological polar surface area (TPSA) is 273 Å².